The van der Waals surface area contributed by atoms with Gasteiger partial charge >= 0.3 is 0 Å². The highest BCUT2D eigenvalue weighted by Gasteiger charge is 2.20. The Balaban J connectivity index is 0.00000193. The number of nitrogens with zero attached hydrogens (tertiary/aromatic N) is 1. The quantitative estimate of drug-likeness (QED) is 0.378. The van der Waals surface area contributed by atoms with Gasteiger partial charge in [0.15, 0.2) is 11.7 Å². The van der Waals surface area contributed by atoms with Crippen LogP contribution in [0.25, 0.3) is 10.8 Å². The Morgan fingerprint density at radius 2 is 1.81 bits per heavy atom. The van der Waals surface area contributed by atoms with Gasteiger partial charge in [0.1, 0.15) is 5.75 Å². The predicted octanol–water partition coefficient (Wildman–Crippen LogP) is 5.26. The Kier molecular flexibility index (Phi) is 6.08. The first kappa shape index (κ1) is 21.1. The van der Waals surface area contributed by atoms with Crippen molar-refractivity contribution in [2.75, 3.05) is 16.6 Å². The number of fused-ring (bicyclic) bond motifs is 1. The number of ether oxygens (including phenoxy) is 1. The molecule has 162 valence electrons. The summed E-state index contributed by atoms with van der Waals surface area (Å²) < 4.78 is 33.7. The maximum absolute atomic E-state index is 12.9. The zero-order chi connectivity index (χ0) is 21.8. The van der Waals surface area contributed by atoms with Gasteiger partial charge in [0.2, 0.25) is 0 Å². The van der Waals surface area contributed by atoms with Crippen LogP contribution < -0.4 is 14.8 Å². The van der Waals surface area contributed by atoms with Crippen molar-refractivity contribution in [3.8, 4) is 5.75 Å². The number of aromatic nitrogens is 1. The third kappa shape index (κ3) is 4.96. The molecule has 1 aromatic heterocycles. The summed E-state index contributed by atoms with van der Waals surface area (Å²) in [5.41, 5.74) is 0.480. The molecule has 0 saturated carbocycles. The number of anilines is 2. The van der Waals surface area contributed by atoms with Crippen LogP contribution in [0.5, 0.6) is 5.75 Å². The zero-order valence-corrected chi connectivity index (χ0v) is 18.3. The van der Waals surface area contributed by atoms with Crippen LogP contribution in [0, 0.1) is 0 Å². The summed E-state index contributed by atoms with van der Waals surface area (Å²) in [6.45, 7) is -0.207. The van der Waals surface area contributed by atoms with Crippen LogP contribution in [-0.4, -0.2) is 25.9 Å². The van der Waals surface area contributed by atoms with E-state index in [-0.39, 0.29) is 25.4 Å². The number of hydrogen-bond acceptors (Lipinski definition) is 6. The normalized spacial score (nSPS) is 11.3. The molecule has 0 saturated heterocycles. The van der Waals surface area contributed by atoms with Crippen LogP contribution in [0.4, 0.5) is 10.8 Å². The average molecular weight is 478 g/mol. The van der Waals surface area contributed by atoms with Gasteiger partial charge in [-0.1, -0.05) is 35.9 Å². The first-order valence-electron chi connectivity index (χ1n) is 9.05. The highest BCUT2D eigenvalue weighted by molar-refractivity contribution is 7.93. The molecule has 0 aliphatic rings. The Labute approximate surface area is 190 Å². The molecule has 0 fully saturated rings. The lowest BCUT2D eigenvalue weighted by Gasteiger charge is -2.13. The average Bonchev–Trinajstić information content (AvgIpc) is 3.26. The maximum Gasteiger partial charge on any atom is 0.264 e. The molecule has 0 bridgehead atoms. The number of thiazole rings is 1. The number of rotatable bonds is 7. The summed E-state index contributed by atoms with van der Waals surface area (Å²) >= 11 is 7.02. The molecule has 1 heterocycles. The third-order valence-electron chi connectivity index (χ3n) is 4.29. The van der Waals surface area contributed by atoms with Crippen molar-refractivity contribution in [2.45, 2.75) is 4.90 Å². The molecule has 0 atom stereocenters. The second kappa shape index (κ2) is 8.93. The van der Waals surface area contributed by atoms with E-state index < -0.39 is 10.0 Å². The first-order valence-corrected chi connectivity index (χ1v) is 11.8. The molecular weight excluding hydrogens is 458 g/mol. The monoisotopic (exact) mass is 477 g/mol. The zero-order valence-electron chi connectivity index (χ0n) is 15.9. The highest BCUT2D eigenvalue weighted by Crippen LogP contribution is 2.31. The summed E-state index contributed by atoms with van der Waals surface area (Å²) in [4.78, 5) is 16.4. The SMILES string of the molecule is O=C(COc1ccc(Cl)cc1)Nc1ccc(S(=O)(=O)Nc2nccs2)c2ccccc12.[HH].[HH]. The van der Waals surface area contributed by atoms with Crippen molar-refractivity contribution >= 4 is 60.5 Å². The molecule has 1 amide bonds. The van der Waals surface area contributed by atoms with Crippen molar-refractivity contribution in [3.63, 3.8) is 0 Å². The number of nitrogens with one attached hydrogen (secondary N) is 2. The molecule has 0 aliphatic heterocycles. The molecule has 2 N–H and O–H groups in total. The van der Waals surface area contributed by atoms with Gasteiger partial charge in [-0.25, -0.2) is 13.4 Å². The van der Waals surface area contributed by atoms with Gasteiger partial charge in [0.05, 0.1) is 4.90 Å². The Bertz CT molecular complexity index is 1340. The van der Waals surface area contributed by atoms with E-state index in [9.17, 15) is 13.2 Å². The number of amides is 1. The molecule has 10 heteroatoms. The van der Waals surface area contributed by atoms with Gasteiger partial charge in [-0.15, -0.1) is 11.3 Å². The Morgan fingerprint density at radius 1 is 1.06 bits per heavy atom. The number of carbonyl (C=O) groups excluding carboxylic acids is 1. The van der Waals surface area contributed by atoms with Gasteiger partial charge in [0.25, 0.3) is 15.9 Å². The second-order valence-corrected chi connectivity index (χ2v) is 9.37. The maximum atomic E-state index is 12.9. The summed E-state index contributed by atoms with van der Waals surface area (Å²) in [6.07, 6.45) is 1.52. The van der Waals surface area contributed by atoms with E-state index in [4.69, 9.17) is 16.3 Å². The molecular formula is C21H20ClN3O4S2. The summed E-state index contributed by atoms with van der Waals surface area (Å²) in [5, 5.41) is 6.37. The number of hydrogen-bond donors (Lipinski definition) is 2. The van der Waals surface area contributed by atoms with Crippen LogP contribution >= 0.6 is 22.9 Å². The fourth-order valence-corrected chi connectivity index (χ4v) is 5.05. The van der Waals surface area contributed by atoms with Crippen molar-refractivity contribution in [1.82, 2.24) is 4.98 Å². The van der Waals surface area contributed by atoms with Gasteiger partial charge in [0, 0.05) is 35.9 Å². The van der Waals surface area contributed by atoms with Gasteiger partial charge < -0.3 is 10.1 Å². The Morgan fingerprint density at radius 3 is 2.52 bits per heavy atom. The highest BCUT2D eigenvalue weighted by atomic mass is 35.5. The molecule has 0 unspecified atom stereocenters. The van der Waals surface area contributed by atoms with Crippen LogP contribution in [0.3, 0.4) is 0 Å². The molecule has 4 aromatic rings. The van der Waals surface area contributed by atoms with Crippen LogP contribution in [0.2, 0.25) is 5.02 Å². The summed E-state index contributed by atoms with van der Waals surface area (Å²) in [7, 11) is -3.86. The fraction of sp³-hybridized carbons (Fsp3) is 0.0476. The summed E-state index contributed by atoms with van der Waals surface area (Å²) in [5.74, 6) is 0.135. The van der Waals surface area contributed by atoms with Crippen LogP contribution in [0.15, 0.2) is 77.1 Å². The number of benzene rings is 3. The molecule has 31 heavy (non-hydrogen) atoms. The van der Waals surface area contributed by atoms with E-state index in [2.05, 4.69) is 15.0 Å². The lowest BCUT2D eigenvalue weighted by atomic mass is 10.1. The second-order valence-electron chi connectivity index (χ2n) is 6.39. The van der Waals surface area contributed by atoms with E-state index in [0.717, 1.165) is 0 Å². The van der Waals surface area contributed by atoms with Gasteiger partial charge in [-0.05, 0) is 36.4 Å². The van der Waals surface area contributed by atoms with Crippen molar-refractivity contribution < 1.29 is 20.8 Å². The fourth-order valence-electron chi connectivity index (χ4n) is 2.92. The summed E-state index contributed by atoms with van der Waals surface area (Å²) in [6, 6.07) is 16.6. The lowest BCUT2D eigenvalue weighted by Crippen LogP contribution is -2.20. The van der Waals surface area contributed by atoms with Crippen LogP contribution in [0.1, 0.15) is 2.85 Å². The molecule has 7 nitrogen and oxygen atoms in total. The van der Waals surface area contributed by atoms with Crippen molar-refractivity contribution in [2.24, 2.45) is 0 Å². The molecule has 0 radical (unpaired) electrons. The van der Waals surface area contributed by atoms with E-state index in [1.165, 1.54) is 23.6 Å². The van der Waals surface area contributed by atoms with Crippen LogP contribution in [-0.2, 0) is 14.8 Å². The van der Waals surface area contributed by atoms with Gasteiger partial charge in [-0.3, -0.25) is 9.52 Å². The van der Waals surface area contributed by atoms with E-state index >= 15 is 0 Å². The van der Waals surface area contributed by atoms with E-state index in [1.54, 1.807) is 60.0 Å². The van der Waals surface area contributed by atoms with E-state index in [0.29, 0.717) is 27.2 Å². The third-order valence-corrected chi connectivity index (χ3v) is 6.75. The topological polar surface area (TPSA) is 97.4 Å². The standard InChI is InChI=1S/C21H16ClN3O4S2.2H2/c22-14-5-7-15(8-6-14)29-13-20(26)24-18-9-10-19(17-4-2-1-3-16(17)18)31(27,28)25-21-23-11-12-30-21;;/h1-12H,13H2,(H,23,25)(H,24,26);2*1H. The number of halogens is 1. The lowest BCUT2D eigenvalue weighted by molar-refractivity contribution is -0.118. The minimum atomic E-state index is -3.86. The Hall–Kier alpha value is -3.14. The van der Waals surface area contributed by atoms with Gasteiger partial charge in [-0.2, -0.15) is 0 Å². The van der Waals surface area contributed by atoms with Crippen molar-refractivity contribution in [1.29, 1.82) is 0 Å². The minimum absolute atomic E-state index is 0. The smallest absolute Gasteiger partial charge is 0.264 e. The minimum Gasteiger partial charge on any atom is -0.484 e. The van der Waals surface area contributed by atoms with Crippen molar-refractivity contribution in [3.05, 3.63) is 77.3 Å². The molecule has 0 spiro atoms. The number of sulfonamides is 1. The molecule has 0 aliphatic carbocycles. The number of carbonyl (C=O) groups is 1. The van der Waals surface area contributed by atoms with E-state index in [1.807, 2.05) is 0 Å². The first-order chi connectivity index (χ1) is 14.9. The molecule has 3 aromatic carbocycles. The molecule has 4 rings (SSSR count). The predicted molar refractivity (Wildman–Crippen MR) is 127 cm³/mol. The largest absolute Gasteiger partial charge is 0.484 e.